The van der Waals surface area contributed by atoms with Crippen molar-refractivity contribution in [3.05, 3.63) is 23.9 Å². The molecule has 0 amide bonds. The van der Waals surface area contributed by atoms with Gasteiger partial charge in [-0.05, 0) is 25.3 Å². The fourth-order valence-corrected chi connectivity index (χ4v) is 0.544. The van der Waals surface area contributed by atoms with E-state index in [1.165, 1.54) is 5.57 Å². The Bertz CT molecular complexity index is 197. The molecule has 0 saturated heterocycles. The van der Waals surface area contributed by atoms with E-state index in [4.69, 9.17) is 0 Å². The zero-order valence-electron chi connectivity index (χ0n) is 8.59. The standard InChI is InChI=1S/C11H19N/c1-6-11(5)12-8-7-10(4)9(2)3/h7-9H,5-6H2,1-4H3/b10-7+,12-8?. The van der Waals surface area contributed by atoms with Crippen molar-refractivity contribution in [1.29, 1.82) is 0 Å². The lowest BCUT2D eigenvalue weighted by Crippen LogP contribution is -1.88. The van der Waals surface area contributed by atoms with Crippen LogP contribution < -0.4 is 0 Å². The van der Waals surface area contributed by atoms with Crippen LogP contribution in [0.1, 0.15) is 34.1 Å². The number of nitrogens with zero attached hydrogens (tertiary/aromatic N) is 1. The van der Waals surface area contributed by atoms with Crippen LogP contribution in [0.15, 0.2) is 28.9 Å². The van der Waals surface area contributed by atoms with Crippen molar-refractivity contribution >= 4 is 6.21 Å². The van der Waals surface area contributed by atoms with Crippen molar-refractivity contribution in [1.82, 2.24) is 0 Å². The molecule has 0 atom stereocenters. The average molecular weight is 165 g/mol. The van der Waals surface area contributed by atoms with Gasteiger partial charge in [-0.2, -0.15) is 0 Å². The van der Waals surface area contributed by atoms with Crippen LogP contribution >= 0.6 is 0 Å². The lowest BCUT2D eigenvalue weighted by Gasteiger charge is -2.01. The third-order valence-corrected chi connectivity index (χ3v) is 1.91. The van der Waals surface area contributed by atoms with E-state index in [1.807, 2.05) is 12.3 Å². The molecule has 0 aromatic heterocycles. The molecular weight excluding hydrogens is 146 g/mol. The molecule has 0 aliphatic carbocycles. The van der Waals surface area contributed by atoms with Gasteiger partial charge in [0.1, 0.15) is 0 Å². The summed E-state index contributed by atoms with van der Waals surface area (Å²) in [4.78, 5) is 4.17. The van der Waals surface area contributed by atoms with Crippen molar-refractivity contribution < 1.29 is 0 Å². The molecule has 0 N–H and O–H groups in total. The quantitative estimate of drug-likeness (QED) is 0.564. The molecule has 0 fully saturated rings. The van der Waals surface area contributed by atoms with Crippen LogP contribution in [0.2, 0.25) is 0 Å². The summed E-state index contributed by atoms with van der Waals surface area (Å²) in [5.41, 5.74) is 2.28. The minimum atomic E-state index is 0.603. The number of hydrogen-bond acceptors (Lipinski definition) is 1. The number of hydrogen-bond donors (Lipinski definition) is 0. The monoisotopic (exact) mass is 165 g/mol. The summed E-state index contributed by atoms with van der Waals surface area (Å²) in [6.07, 6.45) is 4.80. The smallest absolute Gasteiger partial charge is 0.0329 e. The lowest BCUT2D eigenvalue weighted by molar-refractivity contribution is 0.771. The van der Waals surface area contributed by atoms with Gasteiger partial charge in [-0.3, -0.25) is 4.99 Å². The maximum atomic E-state index is 4.17. The van der Waals surface area contributed by atoms with Gasteiger partial charge in [0, 0.05) is 11.9 Å². The average Bonchev–Trinajstić information content (AvgIpc) is 2.03. The molecule has 0 aliphatic rings. The van der Waals surface area contributed by atoms with E-state index in [0.717, 1.165) is 12.1 Å². The molecule has 0 aromatic carbocycles. The van der Waals surface area contributed by atoms with E-state index in [2.05, 4.69) is 39.3 Å². The summed E-state index contributed by atoms with van der Waals surface area (Å²) in [6.45, 7) is 12.3. The second-order valence-electron chi connectivity index (χ2n) is 3.26. The van der Waals surface area contributed by atoms with Gasteiger partial charge in [-0.1, -0.05) is 32.9 Å². The van der Waals surface area contributed by atoms with Crippen LogP contribution in [-0.2, 0) is 0 Å². The first-order chi connectivity index (χ1) is 5.57. The molecule has 0 saturated carbocycles. The fourth-order valence-electron chi connectivity index (χ4n) is 0.544. The van der Waals surface area contributed by atoms with Crippen molar-refractivity contribution in [3.8, 4) is 0 Å². The van der Waals surface area contributed by atoms with E-state index < -0.39 is 0 Å². The van der Waals surface area contributed by atoms with Crippen molar-refractivity contribution in [2.75, 3.05) is 0 Å². The lowest BCUT2D eigenvalue weighted by atomic mass is 10.1. The Labute approximate surface area is 75.9 Å². The largest absolute Gasteiger partial charge is 0.262 e. The van der Waals surface area contributed by atoms with Gasteiger partial charge < -0.3 is 0 Å². The maximum absolute atomic E-state index is 4.17. The van der Waals surface area contributed by atoms with Crippen molar-refractivity contribution in [2.45, 2.75) is 34.1 Å². The summed E-state index contributed by atoms with van der Waals surface area (Å²) in [7, 11) is 0. The van der Waals surface area contributed by atoms with Gasteiger partial charge in [0.05, 0.1) is 0 Å². The summed E-state index contributed by atoms with van der Waals surface area (Å²) >= 11 is 0. The van der Waals surface area contributed by atoms with E-state index in [9.17, 15) is 0 Å². The van der Waals surface area contributed by atoms with Gasteiger partial charge in [-0.15, -0.1) is 0 Å². The minimum Gasteiger partial charge on any atom is -0.262 e. The molecule has 12 heavy (non-hydrogen) atoms. The molecule has 1 nitrogen and oxygen atoms in total. The molecule has 0 spiro atoms. The Morgan fingerprint density at radius 2 is 2.08 bits per heavy atom. The summed E-state index contributed by atoms with van der Waals surface area (Å²) in [6, 6.07) is 0. The van der Waals surface area contributed by atoms with Crippen LogP contribution in [0.3, 0.4) is 0 Å². The van der Waals surface area contributed by atoms with Crippen LogP contribution in [0.4, 0.5) is 0 Å². The Hall–Kier alpha value is -0.850. The molecule has 0 bridgehead atoms. The van der Waals surface area contributed by atoms with Crippen LogP contribution in [0, 0.1) is 5.92 Å². The van der Waals surface area contributed by atoms with Crippen LogP contribution in [0.5, 0.6) is 0 Å². The molecular formula is C11H19N. The van der Waals surface area contributed by atoms with Crippen LogP contribution in [-0.4, -0.2) is 6.21 Å². The third kappa shape index (κ3) is 4.89. The predicted molar refractivity (Wildman–Crippen MR) is 56.5 cm³/mol. The maximum Gasteiger partial charge on any atom is 0.0329 e. The Morgan fingerprint density at radius 1 is 1.50 bits per heavy atom. The zero-order valence-corrected chi connectivity index (χ0v) is 8.59. The minimum absolute atomic E-state index is 0.603. The summed E-state index contributed by atoms with van der Waals surface area (Å²) in [5, 5.41) is 0. The SMILES string of the molecule is C=C(CC)N=C/C=C(\C)C(C)C. The van der Waals surface area contributed by atoms with Gasteiger partial charge in [0.2, 0.25) is 0 Å². The highest BCUT2D eigenvalue weighted by Crippen LogP contribution is 2.06. The predicted octanol–water partition coefficient (Wildman–Crippen LogP) is 3.58. The normalized spacial score (nSPS) is 12.9. The van der Waals surface area contributed by atoms with Crippen molar-refractivity contribution in [2.24, 2.45) is 10.9 Å². The summed E-state index contributed by atoms with van der Waals surface area (Å²) in [5.74, 6) is 0.603. The summed E-state index contributed by atoms with van der Waals surface area (Å²) < 4.78 is 0. The molecule has 1 heteroatoms. The zero-order chi connectivity index (χ0) is 9.56. The van der Waals surface area contributed by atoms with Gasteiger partial charge >= 0.3 is 0 Å². The highest BCUT2D eigenvalue weighted by Gasteiger charge is 1.92. The molecule has 0 aromatic rings. The highest BCUT2D eigenvalue weighted by atomic mass is 14.7. The Kier molecular flexibility index (Phi) is 5.35. The Balaban J connectivity index is 4.03. The van der Waals surface area contributed by atoms with Gasteiger partial charge in [0.15, 0.2) is 0 Å². The van der Waals surface area contributed by atoms with E-state index in [0.29, 0.717) is 5.92 Å². The van der Waals surface area contributed by atoms with E-state index in [-0.39, 0.29) is 0 Å². The first-order valence-electron chi connectivity index (χ1n) is 4.46. The second kappa shape index (κ2) is 5.76. The molecule has 0 radical (unpaired) electrons. The molecule has 0 heterocycles. The molecule has 68 valence electrons. The number of aliphatic imine (C=N–C) groups is 1. The second-order valence-corrected chi connectivity index (χ2v) is 3.26. The van der Waals surface area contributed by atoms with Gasteiger partial charge in [0.25, 0.3) is 0 Å². The number of rotatable bonds is 4. The first kappa shape index (κ1) is 11.2. The van der Waals surface area contributed by atoms with E-state index >= 15 is 0 Å². The Morgan fingerprint density at radius 3 is 2.50 bits per heavy atom. The van der Waals surface area contributed by atoms with Crippen molar-refractivity contribution in [3.63, 3.8) is 0 Å². The highest BCUT2D eigenvalue weighted by molar-refractivity contribution is 5.73. The fraction of sp³-hybridized carbons (Fsp3) is 0.545. The topological polar surface area (TPSA) is 12.4 Å². The number of allylic oxidation sites excluding steroid dienone is 3. The molecule has 0 rings (SSSR count). The molecule has 0 unspecified atom stereocenters. The van der Waals surface area contributed by atoms with E-state index in [1.54, 1.807) is 0 Å². The van der Waals surface area contributed by atoms with Crippen LogP contribution in [0.25, 0.3) is 0 Å². The first-order valence-corrected chi connectivity index (χ1v) is 4.46. The third-order valence-electron chi connectivity index (χ3n) is 1.91. The molecule has 0 aliphatic heterocycles. The van der Waals surface area contributed by atoms with Gasteiger partial charge in [-0.25, -0.2) is 0 Å².